The molecule has 8 nitrogen and oxygen atoms in total. The summed E-state index contributed by atoms with van der Waals surface area (Å²) in [6.45, 7) is 3.10. The van der Waals surface area contributed by atoms with Crippen molar-refractivity contribution in [2.45, 2.75) is 32.1 Å². The summed E-state index contributed by atoms with van der Waals surface area (Å²) >= 11 is 0. The molecule has 4 rings (SSSR count). The van der Waals surface area contributed by atoms with Gasteiger partial charge >= 0.3 is 5.97 Å². The zero-order chi connectivity index (χ0) is 24.5. The number of methoxy groups -OCH3 is 1. The van der Waals surface area contributed by atoms with Crippen molar-refractivity contribution in [3.8, 4) is 5.75 Å². The van der Waals surface area contributed by atoms with Gasteiger partial charge in [0.25, 0.3) is 5.91 Å². The predicted molar refractivity (Wildman–Crippen MR) is 134 cm³/mol. The van der Waals surface area contributed by atoms with Crippen LogP contribution in [0.15, 0.2) is 47.6 Å². The number of amides is 1. The highest BCUT2D eigenvalue weighted by molar-refractivity contribution is 6.04. The summed E-state index contributed by atoms with van der Waals surface area (Å²) in [7, 11) is 1.57. The van der Waals surface area contributed by atoms with Crippen LogP contribution < -0.4 is 10.1 Å². The Kier molecular flexibility index (Phi) is 8.73. The molecule has 1 fully saturated rings. The van der Waals surface area contributed by atoms with Crippen LogP contribution >= 0.6 is 0 Å². The highest BCUT2D eigenvalue weighted by atomic mass is 16.6. The van der Waals surface area contributed by atoms with E-state index >= 15 is 0 Å². The number of carbonyl (C=O) groups excluding carboxylic acids is 2. The van der Waals surface area contributed by atoms with E-state index in [1.165, 1.54) is 19.3 Å². The normalized spacial score (nSPS) is 17.5. The summed E-state index contributed by atoms with van der Waals surface area (Å²) in [4.78, 5) is 24.8. The van der Waals surface area contributed by atoms with Crippen LogP contribution in [0.5, 0.6) is 5.75 Å². The summed E-state index contributed by atoms with van der Waals surface area (Å²) in [5, 5.41) is 9.60. The molecule has 2 heterocycles. The fraction of sp³-hybridized carbons (Fsp3) is 0.444. The molecule has 0 aromatic heterocycles. The van der Waals surface area contributed by atoms with Crippen LogP contribution in [0.3, 0.4) is 0 Å². The second-order valence-electron chi connectivity index (χ2n) is 8.96. The highest BCUT2D eigenvalue weighted by Gasteiger charge is 2.23. The van der Waals surface area contributed by atoms with Crippen LogP contribution in [0, 0.1) is 5.92 Å². The van der Waals surface area contributed by atoms with Gasteiger partial charge in [0, 0.05) is 37.4 Å². The van der Waals surface area contributed by atoms with E-state index in [1.807, 2.05) is 36.5 Å². The Bertz CT molecular complexity index is 1030. The number of benzene rings is 2. The molecule has 2 aromatic rings. The minimum Gasteiger partial charge on any atom is -0.493 e. The number of hydrogen-bond acceptors (Lipinski definition) is 7. The van der Waals surface area contributed by atoms with Crippen molar-refractivity contribution in [2.24, 2.45) is 11.0 Å². The maximum absolute atomic E-state index is 12.8. The largest absolute Gasteiger partial charge is 0.493 e. The molecule has 0 aliphatic carbocycles. The molecule has 2 aromatic carbocycles. The monoisotopic (exact) mass is 479 g/mol. The van der Waals surface area contributed by atoms with Gasteiger partial charge in [-0.25, -0.2) is 0 Å². The van der Waals surface area contributed by atoms with E-state index in [1.54, 1.807) is 19.2 Å². The van der Waals surface area contributed by atoms with Gasteiger partial charge in [0.2, 0.25) is 0 Å². The number of piperidine rings is 1. The molecule has 0 bridgehead atoms. The Hall–Kier alpha value is -3.39. The summed E-state index contributed by atoms with van der Waals surface area (Å²) in [5.74, 6) is 0.374. The van der Waals surface area contributed by atoms with Crippen molar-refractivity contribution in [1.82, 2.24) is 5.01 Å². The molecule has 1 unspecified atom stereocenters. The summed E-state index contributed by atoms with van der Waals surface area (Å²) in [6, 6.07) is 13.0. The summed E-state index contributed by atoms with van der Waals surface area (Å²) < 4.78 is 15.9. The zero-order valence-corrected chi connectivity index (χ0v) is 20.2. The molecule has 2 aliphatic rings. The van der Waals surface area contributed by atoms with Gasteiger partial charge in [0.15, 0.2) is 0 Å². The van der Waals surface area contributed by atoms with Gasteiger partial charge in [-0.2, -0.15) is 5.10 Å². The van der Waals surface area contributed by atoms with Crippen LogP contribution in [0.4, 0.5) is 5.69 Å². The number of hydrogen-bond donors (Lipinski definition) is 1. The molecular formula is C27H33N3O5. The fourth-order valence-corrected chi connectivity index (χ4v) is 4.26. The van der Waals surface area contributed by atoms with Crippen molar-refractivity contribution < 1.29 is 23.8 Å². The number of esters is 1. The Morgan fingerprint density at radius 1 is 1.11 bits per heavy atom. The smallest absolute Gasteiger partial charge is 0.306 e. The SMILES string of the molecule is COCCOC(=O)CC1COc2ccc(NC(=O)c3ccc(/C=N/N4CCCCC4)cc3)cc2C1. The summed E-state index contributed by atoms with van der Waals surface area (Å²) in [5.41, 5.74) is 3.19. The maximum Gasteiger partial charge on any atom is 0.306 e. The van der Waals surface area contributed by atoms with E-state index in [0.29, 0.717) is 30.9 Å². The fourth-order valence-electron chi connectivity index (χ4n) is 4.26. The van der Waals surface area contributed by atoms with Crippen molar-refractivity contribution in [3.05, 3.63) is 59.2 Å². The quantitative estimate of drug-likeness (QED) is 0.333. The van der Waals surface area contributed by atoms with Crippen LogP contribution in [0.1, 0.15) is 47.2 Å². The lowest BCUT2D eigenvalue weighted by molar-refractivity contribution is -0.146. The highest BCUT2D eigenvalue weighted by Crippen LogP contribution is 2.31. The minimum absolute atomic E-state index is 0.0302. The number of hydrazone groups is 1. The van der Waals surface area contributed by atoms with Gasteiger partial charge in [0.05, 0.1) is 25.8 Å². The van der Waals surface area contributed by atoms with Crippen LogP contribution in [-0.4, -0.2) is 63.1 Å². The standard InChI is InChI=1S/C27H33N3O5/c1-33-13-14-34-26(31)16-21-15-23-17-24(9-10-25(23)35-19-21)29-27(32)22-7-5-20(6-8-22)18-28-30-11-3-2-4-12-30/h5-10,17-18,21H,2-4,11-16,19H2,1H3,(H,29,32)/b28-18+. The topological polar surface area (TPSA) is 89.5 Å². The second-order valence-corrected chi connectivity index (χ2v) is 8.96. The third-order valence-corrected chi connectivity index (χ3v) is 6.18. The molecule has 0 spiro atoms. The molecule has 2 aliphatic heterocycles. The van der Waals surface area contributed by atoms with Gasteiger partial charge in [-0.3, -0.25) is 14.6 Å². The molecule has 8 heteroatoms. The Labute approximate surface area is 206 Å². The van der Waals surface area contributed by atoms with Gasteiger partial charge < -0.3 is 19.5 Å². The van der Waals surface area contributed by atoms with E-state index in [4.69, 9.17) is 14.2 Å². The molecule has 1 saturated heterocycles. The van der Waals surface area contributed by atoms with Crippen LogP contribution in [0.25, 0.3) is 0 Å². The Morgan fingerprint density at radius 2 is 1.91 bits per heavy atom. The molecular weight excluding hydrogens is 446 g/mol. The molecule has 0 radical (unpaired) electrons. The molecule has 35 heavy (non-hydrogen) atoms. The number of anilines is 1. The lowest BCUT2D eigenvalue weighted by Crippen LogP contribution is -2.25. The summed E-state index contributed by atoms with van der Waals surface area (Å²) in [6.07, 6.45) is 6.47. The molecule has 1 amide bonds. The average Bonchev–Trinajstić information content (AvgIpc) is 2.88. The van der Waals surface area contributed by atoms with Crippen LogP contribution in [0.2, 0.25) is 0 Å². The third-order valence-electron chi connectivity index (χ3n) is 6.18. The van der Waals surface area contributed by atoms with E-state index in [0.717, 1.165) is 30.0 Å². The third kappa shape index (κ3) is 7.29. The van der Waals surface area contributed by atoms with E-state index in [-0.39, 0.29) is 30.8 Å². The first-order valence-corrected chi connectivity index (χ1v) is 12.2. The first-order valence-electron chi connectivity index (χ1n) is 12.2. The van der Waals surface area contributed by atoms with Crippen molar-refractivity contribution in [2.75, 3.05) is 45.3 Å². The van der Waals surface area contributed by atoms with E-state index in [9.17, 15) is 9.59 Å². The van der Waals surface area contributed by atoms with Crippen molar-refractivity contribution >= 4 is 23.8 Å². The Morgan fingerprint density at radius 3 is 2.69 bits per heavy atom. The first-order chi connectivity index (χ1) is 17.1. The van der Waals surface area contributed by atoms with Gasteiger partial charge in [0.1, 0.15) is 12.4 Å². The number of rotatable bonds is 9. The van der Waals surface area contributed by atoms with Crippen LogP contribution in [-0.2, 0) is 20.7 Å². The van der Waals surface area contributed by atoms with Gasteiger partial charge in [-0.05, 0) is 67.1 Å². The average molecular weight is 480 g/mol. The Balaban J connectivity index is 1.31. The number of fused-ring (bicyclic) bond motifs is 1. The predicted octanol–water partition coefficient (Wildman–Crippen LogP) is 3.89. The van der Waals surface area contributed by atoms with Gasteiger partial charge in [-0.15, -0.1) is 0 Å². The minimum atomic E-state index is -0.257. The van der Waals surface area contributed by atoms with E-state index in [2.05, 4.69) is 15.4 Å². The van der Waals surface area contributed by atoms with Crippen molar-refractivity contribution in [1.29, 1.82) is 0 Å². The maximum atomic E-state index is 12.8. The van der Waals surface area contributed by atoms with Crippen molar-refractivity contribution in [3.63, 3.8) is 0 Å². The number of nitrogens with zero attached hydrogens (tertiary/aromatic N) is 2. The second kappa shape index (κ2) is 12.4. The molecule has 1 atom stereocenters. The number of carbonyl (C=O) groups is 2. The van der Waals surface area contributed by atoms with Gasteiger partial charge in [-0.1, -0.05) is 12.1 Å². The number of nitrogens with one attached hydrogen (secondary N) is 1. The lowest BCUT2D eigenvalue weighted by atomic mass is 9.93. The van der Waals surface area contributed by atoms with E-state index < -0.39 is 0 Å². The number of ether oxygens (including phenoxy) is 3. The first kappa shape index (κ1) is 24.7. The molecule has 1 N–H and O–H groups in total. The zero-order valence-electron chi connectivity index (χ0n) is 20.2. The molecule has 186 valence electrons. The lowest BCUT2D eigenvalue weighted by Gasteiger charge is -2.25. The molecule has 0 saturated carbocycles.